The number of fused-ring (bicyclic) bond motifs is 1. The van der Waals surface area contributed by atoms with Gasteiger partial charge in [-0.3, -0.25) is 4.79 Å². The molecular weight excluding hydrogens is 488 g/mol. The molecule has 1 aromatic carbocycles. The summed E-state index contributed by atoms with van der Waals surface area (Å²) in [5, 5.41) is 15.7. The van der Waals surface area contributed by atoms with E-state index in [2.05, 4.69) is 35.0 Å². The third-order valence-electron chi connectivity index (χ3n) is 5.00. The molecule has 3 rings (SSSR count). The highest BCUT2D eigenvalue weighted by Crippen LogP contribution is 2.29. The number of rotatable bonds is 10. The van der Waals surface area contributed by atoms with Crippen molar-refractivity contribution in [3.8, 4) is 11.1 Å². The first-order chi connectivity index (χ1) is 16.9. The summed E-state index contributed by atoms with van der Waals surface area (Å²) in [6, 6.07) is 10.9. The van der Waals surface area contributed by atoms with Crippen LogP contribution >= 0.6 is 0 Å². The highest BCUT2D eigenvalue weighted by atomic mass is 28.3. The summed E-state index contributed by atoms with van der Waals surface area (Å²) in [6.07, 6.45) is -0.217. The first-order valence-corrected chi connectivity index (χ1v) is 15.2. The molecule has 12 heteroatoms. The lowest BCUT2D eigenvalue weighted by atomic mass is 10.1. The van der Waals surface area contributed by atoms with Crippen molar-refractivity contribution in [1.29, 1.82) is 0 Å². The van der Waals surface area contributed by atoms with E-state index in [1.165, 1.54) is 0 Å². The topological polar surface area (TPSA) is 132 Å². The molecule has 2 aromatic heterocycles. The van der Waals surface area contributed by atoms with Crippen LogP contribution in [0.1, 0.15) is 19.8 Å². The number of nitrogens with two attached hydrogens (primary N) is 1. The molecule has 0 aliphatic rings. The van der Waals surface area contributed by atoms with E-state index in [0.717, 1.165) is 34.5 Å². The number of carboxylic acids is 1. The van der Waals surface area contributed by atoms with E-state index in [1.54, 1.807) is 12.3 Å². The third-order valence-corrected chi connectivity index (χ3v) is 6.71. The van der Waals surface area contributed by atoms with Gasteiger partial charge in [0.15, 0.2) is 5.82 Å². The molecule has 0 aliphatic heterocycles. The van der Waals surface area contributed by atoms with Crippen LogP contribution in [0.15, 0.2) is 36.5 Å². The first kappa shape index (κ1) is 28.9. The van der Waals surface area contributed by atoms with Gasteiger partial charge >= 0.3 is 12.4 Å². The van der Waals surface area contributed by atoms with Gasteiger partial charge in [0.05, 0.1) is 5.52 Å². The molecule has 0 saturated heterocycles. The van der Waals surface area contributed by atoms with Gasteiger partial charge in [-0.15, -0.1) is 0 Å². The highest BCUT2D eigenvalue weighted by Gasteiger charge is 2.16. The number of carbonyl (C=O) groups excluding carboxylic acids is 1. The predicted octanol–water partition coefficient (Wildman–Crippen LogP) is 5.07. The molecule has 1 amide bonds. The monoisotopic (exact) mass is 521 g/mol. The Bertz CT molecular complexity index is 1160. The average Bonchev–Trinajstić information content (AvgIpc) is 3.13. The number of nitrogens with one attached hydrogen (secondary N) is 1. The van der Waals surface area contributed by atoms with E-state index in [4.69, 9.17) is 20.4 Å². The van der Waals surface area contributed by atoms with Crippen molar-refractivity contribution in [2.75, 3.05) is 17.7 Å². The van der Waals surface area contributed by atoms with Gasteiger partial charge in [0.25, 0.3) is 0 Å². The number of carbonyl (C=O) groups is 2. The quantitative estimate of drug-likeness (QED) is 0.251. The summed E-state index contributed by atoms with van der Waals surface area (Å²) < 4.78 is 28.9. The van der Waals surface area contributed by atoms with Crippen LogP contribution in [0, 0.1) is 0 Å². The minimum atomic E-state index is -3.23. The molecule has 0 atom stereocenters. The van der Waals surface area contributed by atoms with Crippen LogP contribution in [0.25, 0.3) is 22.0 Å². The zero-order valence-electron chi connectivity index (χ0n) is 20.9. The fraction of sp³-hybridized carbons (Fsp3) is 0.417. The molecule has 0 fully saturated rings. The standard InChI is InChI=1S/C22H31N5O2Si.C2H2F2O2/c1-5-6-21(28)25-22-18-9-7-16(17-8-10-20(23)24-14-17)13-19(18)27(26-22)15-29-11-12-30(2,3)4;3-1(4)2(5)6/h7-10,13-14H,5-6,11-12,15H2,1-4H3,(H2,23,24)(H,25,26,28);1H,(H,5,6). The fourth-order valence-corrected chi connectivity index (χ4v) is 3.83. The van der Waals surface area contributed by atoms with Crippen molar-refractivity contribution < 1.29 is 28.2 Å². The van der Waals surface area contributed by atoms with Crippen LogP contribution < -0.4 is 11.1 Å². The van der Waals surface area contributed by atoms with E-state index in [1.807, 2.05) is 35.9 Å². The Morgan fingerprint density at radius 2 is 1.86 bits per heavy atom. The number of nitrogen functional groups attached to an aromatic ring is 1. The summed E-state index contributed by atoms with van der Waals surface area (Å²) in [5.41, 5.74) is 8.59. The number of carboxylic acid groups (broad SMARTS) is 1. The number of nitrogens with zero attached hydrogens (tertiary/aromatic N) is 3. The molecule has 9 nitrogen and oxygen atoms in total. The summed E-state index contributed by atoms with van der Waals surface area (Å²) in [5.74, 6) is -1.05. The van der Waals surface area contributed by atoms with Gasteiger partial charge < -0.3 is 20.9 Å². The van der Waals surface area contributed by atoms with E-state index in [-0.39, 0.29) is 5.91 Å². The number of pyridine rings is 1. The van der Waals surface area contributed by atoms with Gasteiger partial charge in [-0.25, -0.2) is 14.5 Å². The van der Waals surface area contributed by atoms with Gasteiger partial charge in [-0.1, -0.05) is 32.6 Å². The molecule has 0 spiro atoms. The van der Waals surface area contributed by atoms with Crippen molar-refractivity contribution in [1.82, 2.24) is 14.8 Å². The zero-order valence-corrected chi connectivity index (χ0v) is 21.9. The van der Waals surface area contributed by atoms with Crippen LogP contribution in [0.4, 0.5) is 20.4 Å². The van der Waals surface area contributed by atoms with Crippen LogP contribution in [0.2, 0.25) is 25.7 Å². The van der Waals surface area contributed by atoms with E-state index < -0.39 is 20.5 Å². The van der Waals surface area contributed by atoms with Crippen LogP contribution in [-0.4, -0.2) is 52.9 Å². The summed E-state index contributed by atoms with van der Waals surface area (Å²) in [4.78, 5) is 25.3. The zero-order chi connectivity index (χ0) is 26.9. The van der Waals surface area contributed by atoms with E-state index in [0.29, 0.717) is 31.4 Å². The molecule has 0 aliphatic carbocycles. The van der Waals surface area contributed by atoms with Crippen molar-refractivity contribution in [2.24, 2.45) is 0 Å². The maximum Gasteiger partial charge on any atom is 0.371 e. The van der Waals surface area contributed by atoms with Crippen molar-refractivity contribution >= 4 is 42.5 Å². The maximum atomic E-state index is 12.1. The molecule has 2 heterocycles. The number of aliphatic carboxylic acids is 1. The number of amides is 1. The smallest absolute Gasteiger partial charge is 0.371 e. The minimum Gasteiger partial charge on any atom is -0.477 e. The molecular formula is C24H33F2N5O4Si. The second-order valence-corrected chi connectivity index (χ2v) is 15.0. The largest absolute Gasteiger partial charge is 0.477 e. The molecule has 0 radical (unpaired) electrons. The van der Waals surface area contributed by atoms with Crippen LogP contribution in [-0.2, 0) is 21.1 Å². The van der Waals surface area contributed by atoms with Crippen molar-refractivity contribution in [2.45, 2.75) is 58.6 Å². The van der Waals surface area contributed by atoms with Gasteiger partial charge in [-0.2, -0.15) is 13.9 Å². The number of aromatic nitrogens is 3. The second kappa shape index (κ2) is 13.1. The van der Waals surface area contributed by atoms with E-state index >= 15 is 0 Å². The minimum absolute atomic E-state index is 0.0319. The summed E-state index contributed by atoms with van der Waals surface area (Å²) in [6.45, 7) is 10.0. The van der Waals surface area contributed by atoms with Gasteiger partial charge in [-0.05, 0) is 42.3 Å². The van der Waals surface area contributed by atoms with Gasteiger partial charge in [0, 0.05) is 38.2 Å². The molecule has 0 saturated carbocycles. The van der Waals surface area contributed by atoms with Gasteiger partial charge in [0.2, 0.25) is 5.91 Å². The average molecular weight is 522 g/mol. The molecule has 196 valence electrons. The first-order valence-electron chi connectivity index (χ1n) is 11.5. The molecule has 0 bridgehead atoms. The number of benzene rings is 1. The Balaban J connectivity index is 0.000000678. The fourth-order valence-electron chi connectivity index (χ4n) is 3.07. The molecule has 36 heavy (non-hydrogen) atoms. The molecule has 4 N–H and O–H groups in total. The number of alkyl halides is 2. The SMILES string of the molecule is CCCC(=O)Nc1nn(COCC[Si](C)(C)C)c2cc(-c3ccc(N)nc3)ccc12.O=C(O)C(F)F. The molecule has 0 unspecified atom stereocenters. The van der Waals surface area contributed by atoms with Crippen molar-refractivity contribution in [3.63, 3.8) is 0 Å². The third kappa shape index (κ3) is 9.00. The highest BCUT2D eigenvalue weighted by molar-refractivity contribution is 6.76. The van der Waals surface area contributed by atoms with Crippen LogP contribution in [0.3, 0.4) is 0 Å². The van der Waals surface area contributed by atoms with Crippen molar-refractivity contribution in [3.05, 3.63) is 36.5 Å². The molecule has 3 aromatic rings. The van der Waals surface area contributed by atoms with Crippen LogP contribution in [0.5, 0.6) is 0 Å². The Morgan fingerprint density at radius 3 is 2.42 bits per heavy atom. The Kier molecular flexibility index (Phi) is 10.5. The number of anilines is 2. The predicted molar refractivity (Wildman–Crippen MR) is 139 cm³/mol. The lowest BCUT2D eigenvalue weighted by Crippen LogP contribution is -2.22. The Labute approximate surface area is 209 Å². The number of hydrogen-bond acceptors (Lipinski definition) is 6. The second-order valence-electron chi connectivity index (χ2n) is 9.34. The Morgan fingerprint density at radius 1 is 1.19 bits per heavy atom. The number of ether oxygens (including phenoxy) is 1. The normalized spacial score (nSPS) is 11.3. The van der Waals surface area contributed by atoms with E-state index in [9.17, 15) is 13.6 Å². The number of hydrogen-bond donors (Lipinski definition) is 3. The lowest BCUT2D eigenvalue weighted by Gasteiger charge is -2.15. The summed E-state index contributed by atoms with van der Waals surface area (Å²) >= 11 is 0. The lowest BCUT2D eigenvalue weighted by molar-refractivity contribution is -0.149. The maximum absolute atomic E-state index is 12.1. The number of halogens is 2. The van der Waals surface area contributed by atoms with Gasteiger partial charge in [0.1, 0.15) is 12.5 Å². The summed E-state index contributed by atoms with van der Waals surface area (Å²) in [7, 11) is -1.16. The Hall–Kier alpha value is -3.38.